The van der Waals surface area contributed by atoms with Crippen LogP contribution >= 0.6 is 0 Å². The van der Waals surface area contributed by atoms with Crippen LogP contribution in [0.1, 0.15) is 44.9 Å². The van der Waals surface area contributed by atoms with E-state index in [2.05, 4.69) is 22.2 Å². The largest absolute Gasteiger partial charge is 0.497 e. The second-order valence-corrected chi connectivity index (χ2v) is 15.1. The number of carbonyl (C=O) groups is 3. The molecule has 1 saturated carbocycles. The van der Waals surface area contributed by atoms with Gasteiger partial charge in [0.05, 0.1) is 24.9 Å². The fourth-order valence-electron chi connectivity index (χ4n) is 7.97. The number of hydroxylamine groups is 1. The molecule has 11 nitrogen and oxygen atoms in total. The van der Waals surface area contributed by atoms with Crippen molar-refractivity contribution in [3.63, 3.8) is 0 Å². The molecule has 1 saturated heterocycles. The minimum atomic E-state index is -1.28. The quantitative estimate of drug-likeness (QED) is 0.104. The molecule has 3 N–H and O–H groups in total. The van der Waals surface area contributed by atoms with Gasteiger partial charge >= 0.3 is 0 Å². The lowest BCUT2D eigenvalue weighted by molar-refractivity contribution is -0.141. The molecule has 3 heterocycles. The van der Waals surface area contributed by atoms with Crippen molar-refractivity contribution in [2.75, 3.05) is 19.0 Å². The van der Waals surface area contributed by atoms with Crippen LogP contribution in [-0.4, -0.2) is 65.0 Å². The number of carbonyl (C=O) groups excluding carboxylic acids is 3. The van der Waals surface area contributed by atoms with Crippen molar-refractivity contribution in [1.82, 2.24) is 20.7 Å². The van der Waals surface area contributed by atoms with Crippen molar-refractivity contribution >= 4 is 34.3 Å². The number of allylic oxidation sites excluding steroid dienone is 1. The van der Waals surface area contributed by atoms with Crippen LogP contribution in [0.5, 0.6) is 17.2 Å². The number of amides is 3. The molecule has 3 aliphatic rings. The molecule has 2 aliphatic heterocycles. The van der Waals surface area contributed by atoms with E-state index in [1.54, 1.807) is 48.4 Å². The van der Waals surface area contributed by atoms with Gasteiger partial charge in [0.25, 0.3) is 5.91 Å². The van der Waals surface area contributed by atoms with Crippen molar-refractivity contribution < 1.29 is 33.1 Å². The standard InChI is InChI=1S/C46H46FN5O6/c1-56-35-22-23-37-40(25-35)49-39(30-14-7-5-8-15-30)27-42(37)57-36-26-41-43(53)50-46(45(55)51-58-34-19-10-6-11-20-34)28-31(46)16-9-3-2-4-12-21-38(44(54)52(41)29-36)48-33-18-13-17-32(47)24-33/h5-11,13-20,22-25,27,31,36,38,41,48H,2-4,12,21,26,28-29H2,1H3,(H,50,53)(H,51,55)/b16-9-/t31-,36-,38+,41+,46-/m1/s1. The SMILES string of the molecule is COc1ccc2c(O[C@@H]3C[C@H]4C(=O)N[C@]5(C(=O)NOc6ccccc6)C[C@H]5/C=C\CCCCC[C@H](Nc5cccc(F)c5)C(=O)N4C3)cc(-c3ccccc3)nc2c1. The molecule has 5 aromatic rings. The maximum absolute atomic E-state index is 14.8. The smallest absolute Gasteiger partial charge is 0.278 e. The first-order valence-electron chi connectivity index (χ1n) is 19.8. The van der Waals surface area contributed by atoms with E-state index in [-0.39, 0.29) is 24.8 Å². The number of halogens is 1. The molecule has 298 valence electrons. The van der Waals surface area contributed by atoms with Crippen molar-refractivity contribution in [1.29, 1.82) is 0 Å². The van der Waals surface area contributed by atoms with Gasteiger partial charge in [0.15, 0.2) is 5.75 Å². The van der Waals surface area contributed by atoms with E-state index < -0.39 is 41.4 Å². The lowest BCUT2D eigenvalue weighted by atomic mass is 10.0. The Bertz CT molecular complexity index is 2310. The zero-order chi connectivity index (χ0) is 40.1. The number of anilines is 1. The molecular formula is C46H46FN5O6. The van der Waals surface area contributed by atoms with Gasteiger partial charge in [-0.3, -0.25) is 14.4 Å². The van der Waals surface area contributed by atoms with Crippen molar-refractivity contribution in [3.8, 4) is 28.5 Å². The average molecular weight is 784 g/mol. The molecule has 0 radical (unpaired) electrons. The maximum Gasteiger partial charge on any atom is 0.278 e. The molecule has 2 fully saturated rings. The second-order valence-electron chi connectivity index (χ2n) is 15.1. The number of fused-ring (bicyclic) bond motifs is 3. The number of nitrogens with one attached hydrogen (secondary N) is 3. The van der Waals surface area contributed by atoms with Gasteiger partial charge in [0.1, 0.15) is 41.0 Å². The summed E-state index contributed by atoms with van der Waals surface area (Å²) in [7, 11) is 1.60. The summed E-state index contributed by atoms with van der Waals surface area (Å²) >= 11 is 0. The minimum absolute atomic E-state index is 0.0958. The first-order valence-corrected chi connectivity index (χ1v) is 19.8. The van der Waals surface area contributed by atoms with Crippen LogP contribution in [0.4, 0.5) is 10.1 Å². The van der Waals surface area contributed by atoms with Crippen LogP contribution in [0.2, 0.25) is 0 Å². The van der Waals surface area contributed by atoms with Gasteiger partial charge in [-0.1, -0.05) is 79.6 Å². The molecule has 4 aromatic carbocycles. The normalized spacial score (nSPS) is 23.9. The first kappa shape index (κ1) is 38.4. The van der Waals surface area contributed by atoms with E-state index in [0.29, 0.717) is 47.0 Å². The Morgan fingerprint density at radius 2 is 1.72 bits per heavy atom. The third kappa shape index (κ3) is 8.46. The number of hydrogen-bond donors (Lipinski definition) is 3. The van der Waals surface area contributed by atoms with Crippen LogP contribution in [0.25, 0.3) is 22.2 Å². The Morgan fingerprint density at radius 3 is 2.52 bits per heavy atom. The molecule has 0 bridgehead atoms. The fraction of sp³-hybridized carbons (Fsp3) is 0.304. The molecule has 5 atom stereocenters. The van der Waals surface area contributed by atoms with E-state index >= 15 is 0 Å². The van der Waals surface area contributed by atoms with Gasteiger partial charge in [-0.25, -0.2) is 9.37 Å². The Hall–Kier alpha value is -6.43. The number of nitrogens with zero attached hydrogens (tertiary/aromatic N) is 2. The summed E-state index contributed by atoms with van der Waals surface area (Å²) in [4.78, 5) is 55.4. The number of rotatable bonds is 9. The predicted octanol–water partition coefficient (Wildman–Crippen LogP) is 7.38. The van der Waals surface area contributed by atoms with Gasteiger partial charge in [-0.15, -0.1) is 0 Å². The summed E-state index contributed by atoms with van der Waals surface area (Å²) in [6.07, 6.45) is 7.70. The number of pyridine rings is 1. The summed E-state index contributed by atoms with van der Waals surface area (Å²) in [5.41, 5.74) is 4.00. The van der Waals surface area contributed by atoms with Crippen molar-refractivity contribution in [3.05, 3.63) is 127 Å². The van der Waals surface area contributed by atoms with Gasteiger partial charge in [0.2, 0.25) is 11.8 Å². The molecule has 0 spiro atoms. The highest BCUT2D eigenvalue weighted by molar-refractivity contribution is 5.98. The highest BCUT2D eigenvalue weighted by Crippen LogP contribution is 2.46. The topological polar surface area (TPSA) is 131 Å². The molecule has 12 heteroatoms. The molecule has 0 unspecified atom stereocenters. The van der Waals surface area contributed by atoms with Crippen molar-refractivity contribution in [2.24, 2.45) is 5.92 Å². The van der Waals surface area contributed by atoms with Crippen LogP contribution in [0.15, 0.2) is 121 Å². The summed E-state index contributed by atoms with van der Waals surface area (Å²) in [5, 5.41) is 7.09. The van der Waals surface area contributed by atoms with Crippen LogP contribution in [-0.2, 0) is 14.4 Å². The second kappa shape index (κ2) is 17.0. The van der Waals surface area contributed by atoms with Crippen molar-refractivity contribution in [2.45, 2.75) is 68.7 Å². The van der Waals surface area contributed by atoms with E-state index in [1.807, 2.05) is 66.7 Å². The van der Waals surface area contributed by atoms with E-state index in [1.165, 1.54) is 12.1 Å². The summed E-state index contributed by atoms with van der Waals surface area (Å²) in [6.45, 7) is 0.0958. The highest BCUT2D eigenvalue weighted by atomic mass is 19.1. The third-order valence-electron chi connectivity index (χ3n) is 11.2. The monoisotopic (exact) mass is 783 g/mol. The Labute approximate surface area is 336 Å². The van der Waals surface area contributed by atoms with Crippen LogP contribution < -0.4 is 30.4 Å². The summed E-state index contributed by atoms with van der Waals surface area (Å²) in [5.74, 6) is -0.322. The van der Waals surface area contributed by atoms with Gasteiger partial charge in [-0.05, 0) is 68.1 Å². The number of ether oxygens (including phenoxy) is 2. The van der Waals surface area contributed by atoms with E-state index in [0.717, 1.165) is 36.6 Å². The lowest BCUT2D eigenvalue weighted by Gasteiger charge is -2.30. The number of hydrogen-bond acceptors (Lipinski definition) is 8. The molecule has 1 aromatic heterocycles. The molecule has 58 heavy (non-hydrogen) atoms. The number of para-hydroxylation sites is 1. The predicted molar refractivity (Wildman–Crippen MR) is 218 cm³/mol. The Morgan fingerprint density at radius 1 is 0.914 bits per heavy atom. The molecular weight excluding hydrogens is 738 g/mol. The number of benzene rings is 4. The molecule has 1 aliphatic carbocycles. The molecule has 8 rings (SSSR count). The Kier molecular flexibility index (Phi) is 11.2. The average Bonchev–Trinajstić information content (AvgIpc) is 3.78. The van der Waals surface area contributed by atoms with E-state index in [4.69, 9.17) is 19.3 Å². The highest BCUT2D eigenvalue weighted by Gasteiger charge is 2.61. The van der Waals surface area contributed by atoms with Gasteiger partial charge in [0, 0.05) is 41.1 Å². The van der Waals surface area contributed by atoms with Crippen LogP contribution in [0, 0.1) is 11.7 Å². The zero-order valence-corrected chi connectivity index (χ0v) is 32.2. The van der Waals surface area contributed by atoms with Gasteiger partial charge in [-0.2, -0.15) is 5.48 Å². The summed E-state index contributed by atoms with van der Waals surface area (Å²) in [6, 6.07) is 30.4. The van der Waals surface area contributed by atoms with E-state index in [9.17, 15) is 18.8 Å². The first-order chi connectivity index (χ1) is 28.3. The molecule has 3 amide bonds. The lowest BCUT2D eigenvalue weighted by Crippen LogP contribution is -2.57. The number of methoxy groups -OCH3 is 1. The fourth-order valence-corrected chi connectivity index (χ4v) is 7.97. The maximum atomic E-state index is 14.8. The summed E-state index contributed by atoms with van der Waals surface area (Å²) < 4.78 is 26.7. The minimum Gasteiger partial charge on any atom is -0.497 e. The third-order valence-corrected chi connectivity index (χ3v) is 11.2. The number of aromatic nitrogens is 1. The Balaban J connectivity index is 1.12. The zero-order valence-electron chi connectivity index (χ0n) is 32.2. The van der Waals surface area contributed by atoms with Gasteiger partial charge < -0.3 is 29.8 Å². The van der Waals surface area contributed by atoms with Crippen LogP contribution in [0.3, 0.4) is 0 Å².